The van der Waals surface area contributed by atoms with Crippen LogP contribution in [-0.4, -0.2) is 23.9 Å². The van der Waals surface area contributed by atoms with E-state index in [0.717, 1.165) is 17.7 Å². The van der Waals surface area contributed by atoms with E-state index in [2.05, 4.69) is 12.6 Å². The minimum atomic E-state index is -0.984. The van der Waals surface area contributed by atoms with Gasteiger partial charge in [0.15, 0.2) is 0 Å². The van der Waals surface area contributed by atoms with Gasteiger partial charge in [0.25, 0.3) is 0 Å². The van der Waals surface area contributed by atoms with Gasteiger partial charge in [0.05, 0.1) is 7.11 Å². The molecule has 1 rings (SSSR count). The van der Waals surface area contributed by atoms with Crippen LogP contribution < -0.4 is 4.74 Å². The summed E-state index contributed by atoms with van der Waals surface area (Å²) in [5.74, 6) is 0.184. The summed E-state index contributed by atoms with van der Waals surface area (Å²) in [5.41, 5.74) is 1.09. The van der Waals surface area contributed by atoms with E-state index in [1.54, 1.807) is 18.2 Å². The van der Waals surface area contributed by atoms with Gasteiger partial charge in [-0.25, -0.2) is 4.79 Å². The fourth-order valence-electron chi connectivity index (χ4n) is 1.28. The van der Waals surface area contributed by atoms with E-state index in [1.165, 1.54) is 7.11 Å². The Morgan fingerprint density at radius 3 is 2.88 bits per heavy atom. The molecule has 0 aliphatic rings. The molecule has 0 spiro atoms. The van der Waals surface area contributed by atoms with Gasteiger partial charge < -0.3 is 9.84 Å². The van der Waals surface area contributed by atoms with Crippen LogP contribution in [0.25, 0.3) is 6.08 Å². The molecule has 0 bridgehead atoms. The monoisotopic (exact) mass is 238 g/mol. The van der Waals surface area contributed by atoms with Gasteiger partial charge in [-0.1, -0.05) is 18.2 Å². The smallest absolute Gasteiger partial charge is 0.339 e. The van der Waals surface area contributed by atoms with Gasteiger partial charge in [0.1, 0.15) is 11.3 Å². The standard InChI is InChI=1S/C12H14O3S/c1-15-11-8-9(4-2-3-7-16)5-6-10(11)12(13)14/h2,4-6,8,16H,3,7H2,1H3,(H,13,14). The van der Waals surface area contributed by atoms with Crippen molar-refractivity contribution in [3.8, 4) is 5.75 Å². The van der Waals surface area contributed by atoms with Crippen LogP contribution in [0.3, 0.4) is 0 Å². The number of carbonyl (C=O) groups is 1. The Morgan fingerprint density at radius 1 is 1.56 bits per heavy atom. The molecule has 16 heavy (non-hydrogen) atoms. The molecule has 0 fully saturated rings. The second-order valence-electron chi connectivity index (χ2n) is 3.18. The number of carboxylic acid groups (broad SMARTS) is 1. The zero-order valence-corrected chi connectivity index (χ0v) is 9.91. The molecule has 3 nitrogen and oxygen atoms in total. The molecule has 0 saturated heterocycles. The van der Waals surface area contributed by atoms with Crippen molar-refractivity contribution in [3.05, 3.63) is 35.4 Å². The Kier molecular flexibility index (Phi) is 4.92. The van der Waals surface area contributed by atoms with Gasteiger partial charge in [-0.15, -0.1) is 0 Å². The number of hydrogen-bond donors (Lipinski definition) is 2. The number of allylic oxidation sites excluding steroid dienone is 1. The third-order valence-corrected chi connectivity index (χ3v) is 2.32. The summed E-state index contributed by atoms with van der Waals surface area (Å²) in [5, 5.41) is 8.89. The molecular formula is C12H14O3S. The molecular weight excluding hydrogens is 224 g/mol. The molecule has 0 atom stereocenters. The second kappa shape index (κ2) is 6.23. The molecule has 1 aromatic rings. The second-order valence-corrected chi connectivity index (χ2v) is 3.63. The number of benzene rings is 1. The number of hydrogen-bond acceptors (Lipinski definition) is 3. The fraction of sp³-hybridized carbons (Fsp3) is 0.250. The summed E-state index contributed by atoms with van der Waals surface area (Å²) >= 11 is 4.10. The summed E-state index contributed by atoms with van der Waals surface area (Å²) in [7, 11) is 1.46. The van der Waals surface area contributed by atoms with Crippen LogP contribution in [0.5, 0.6) is 5.75 Å². The first-order valence-electron chi connectivity index (χ1n) is 4.87. The Morgan fingerprint density at radius 2 is 2.31 bits per heavy atom. The lowest BCUT2D eigenvalue weighted by atomic mass is 10.1. The van der Waals surface area contributed by atoms with Crippen molar-refractivity contribution >= 4 is 24.7 Å². The highest BCUT2D eigenvalue weighted by atomic mass is 32.1. The molecule has 0 aromatic heterocycles. The van der Waals surface area contributed by atoms with Crippen molar-refractivity contribution in [2.45, 2.75) is 6.42 Å². The quantitative estimate of drug-likeness (QED) is 0.775. The predicted octanol–water partition coefficient (Wildman–Crippen LogP) is 2.73. The topological polar surface area (TPSA) is 46.5 Å². The Balaban J connectivity index is 2.95. The summed E-state index contributed by atoms with van der Waals surface area (Å²) in [4.78, 5) is 10.8. The molecule has 1 aromatic carbocycles. The molecule has 86 valence electrons. The van der Waals surface area contributed by atoms with Crippen molar-refractivity contribution in [1.29, 1.82) is 0 Å². The Hall–Kier alpha value is -1.42. The average Bonchev–Trinajstić information content (AvgIpc) is 2.29. The summed E-state index contributed by atoms with van der Waals surface area (Å²) in [6.07, 6.45) is 4.79. The van der Waals surface area contributed by atoms with Gasteiger partial charge in [-0.2, -0.15) is 12.6 Å². The first kappa shape index (κ1) is 12.6. The lowest BCUT2D eigenvalue weighted by Gasteiger charge is -2.05. The van der Waals surface area contributed by atoms with E-state index in [-0.39, 0.29) is 5.56 Å². The zero-order valence-electron chi connectivity index (χ0n) is 9.01. The molecule has 1 N–H and O–H groups in total. The zero-order chi connectivity index (χ0) is 12.0. The molecule has 0 heterocycles. The number of aromatic carboxylic acids is 1. The van der Waals surface area contributed by atoms with Crippen LogP contribution in [0, 0.1) is 0 Å². The third kappa shape index (κ3) is 3.31. The number of rotatable bonds is 5. The first-order valence-corrected chi connectivity index (χ1v) is 5.51. The highest BCUT2D eigenvalue weighted by molar-refractivity contribution is 7.80. The van der Waals surface area contributed by atoms with Crippen molar-refractivity contribution in [1.82, 2.24) is 0 Å². The Labute approximate surface area is 100 Å². The lowest BCUT2D eigenvalue weighted by Crippen LogP contribution is -2.00. The van der Waals surface area contributed by atoms with Crippen LogP contribution in [0.15, 0.2) is 24.3 Å². The SMILES string of the molecule is COc1cc(C=CCCS)ccc1C(=O)O. The average molecular weight is 238 g/mol. The molecule has 4 heteroatoms. The normalized spacial score (nSPS) is 10.6. The summed E-state index contributed by atoms with van der Waals surface area (Å²) in [6.45, 7) is 0. The largest absolute Gasteiger partial charge is 0.496 e. The van der Waals surface area contributed by atoms with Gasteiger partial charge in [-0.3, -0.25) is 0 Å². The van der Waals surface area contributed by atoms with E-state index < -0.39 is 5.97 Å². The van der Waals surface area contributed by atoms with Gasteiger partial charge in [0, 0.05) is 0 Å². The summed E-state index contributed by atoms with van der Waals surface area (Å²) in [6, 6.07) is 5.00. The molecule has 0 radical (unpaired) electrons. The minimum absolute atomic E-state index is 0.175. The van der Waals surface area contributed by atoms with Crippen molar-refractivity contribution in [2.75, 3.05) is 12.9 Å². The molecule has 0 amide bonds. The molecule has 0 aliphatic heterocycles. The number of thiol groups is 1. The minimum Gasteiger partial charge on any atom is -0.496 e. The Bertz CT molecular complexity index is 399. The van der Waals surface area contributed by atoms with E-state index in [1.807, 2.05) is 12.2 Å². The third-order valence-electron chi connectivity index (χ3n) is 2.06. The van der Waals surface area contributed by atoms with E-state index in [4.69, 9.17) is 9.84 Å². The maximum absolute atomic E-state index is 10.8. The number of carboxylic acids is 1. The maximum atomic E-state index is 10.8. The number of methoxy groups -OCH3 is 1. The van der Waals surface area contributed by atoms with Crippen LogP contribution in [0.2, 0.25) is 0 Å². The highest BCUT2D eigenvalue weighted by Gasteiger charge is 2.09. The lowest BCUT2D eigenvalue weighted by molar-refractivity contribution is 0.0693. The van der Waals surface area contributed by atoms with Crippen LogP contribution >= 0.6 is 12.6 Å². The first-order chi connectivity index (χ1) is 7.69. The van der Waals surface area contributed by atoms with E-state index in [0.29, 0.717) is 5.75 Å². The number of ether oxygens (including phenoxy) is 1. The van der Waals surface area contributed by atoms with Crippen LogP contribution in [0.4, 0.5) is 0 Å². The molecule has 0 unspecified atom stereocenters. The van der Waals surface area contributed by atoms with Gasteiger partial charge >= 0.3 is 5.97 Å². The highest BCUT2D eigenvalue weighted by Crippen LogP contribution is 2.21. The van der Waals surface area contributed by atoms with E-state index >= 15 is 0 Å². The van der Waals surface area contributed by atoms with Crippen molar-refractivity contribution in [3.63, 3.8) is 0 Å². The predicted molar refractivity (Wildman–Crippen MR) is 67.5 cm³/mol. The molecule has 0 aliphatic carbocycles. The van der Waals surface area contributed by atoms with E-state index in [9.17, 15) is 4.79 Å². The fourth-order valence-corrected chi connectivity index (χ4v) is 1.43. The van der Waals surface area contributed by atoms with Gasteiger partial charge in [-0.05, 0) is 29.9 Å². The van der Waals surface area contributed by atoms with Crippen molar-refractivity contribution in [2.24, 2.45) is 0 Å². The van der Waals surface area contributed by atoms with Crippen LogP contribution in [-0.2, 0) is 0 Å². The molecule has 0 saturated carbocycles. The van der Waals surface area contributed by atoms with Crippen LogP contribution in [0.1, 0.15) is 22.3 Å². The van der Waals surface area contributed by atoms with Gasteiger partial charge in [0.2, 0.25) is 0 Å². The maximum Gasteiger partial charge on any atom is 0.339 e. The van der Waals surface area contributed by atoms with Crippen molar-refractivity contribution < 1.29 is 14.6 Å². The summed E-state index contributed by atoms with van der Waals surface area (Å²) < 4.78 is 5.02.